The van der Waals surface area contributed by atoms with Gasteiger partial charge in [0.15, 0.2) is 11.5 Å². The van der Waals surface area contributed by atoms with E-state index in [1.54, 1.807) is 4.90 Å². The van der Waals surface area contributed by atoms with Gasteiger partial charge in [0.2, 0.25) is 18.6 Å². The van der Waals surface area contributed by atoms with Crippen molar-refractivity contribution in [3.05, 3.63) is 23.8 Å². The smallest absolute Gasteiger partial charge is 0.245 e. The van der Waals surface area contributed by atoms with E-state index in [0.717, 1.165) is 29.9 Å². The van der Waals surface area contributed by atoms with Gasteiger partial charge in [0, 0.05) is 32.1 Å². The Labute approximate surface area is 148 Å². The van der Waals surface area contributed by atoms with Crippen molar-refractivity contribution in [2.75, 3.05) is 19.9 Å². The number of ether oxygens (including phenoxy) is 2. The number of hydrogen-bond donors (Lipinski definition) is 0. The SMILES string of the molecule is CC(=O)N1CCC[C@@H]1C(=O)N(Cc1cccc2c1OCO2)CC(C)C. The minimum Gasteiger partial charge on any atom is -0.454 e. The Balaban J connectivity index is 1.81. The second-order valence-corrected chi connectivity index (χ2v) is 7.13. The molecule has 1 atom stereocenters. The van der Waals surface area contributed by atoms with Gasteiger partial charge in [0.1, 0.15) is 6.04 Å². The van der Waals surface area contributed by atoms with Crippen LogP contribution in [0.15, 0.2) is 18.2 Å². The van der Waals surface area contributed by atoms with Gasteiger partial charge >= 0.3 is 0 Å². The van der Waals surface area contributed by atoms with Gasteiger partial charge in [-0.15, -0.1) is 0 Å². The maximum absolute atomic E-state index is 13.2. The molecule has 2 aliphatic rings. The molecule has 25 heavy (non-hydrogen) atoms. The van der Waals surface area contributed by atoms with Crippen molar-refractivity contribution in [1.82, 2.24) is 9.80 Å². The van der Waals surface area contributed by atoms with E-state index in [0.29, 0.717) is 25.6 Å². The number of fused-ring (bicyclic) bond motifs is 1. The van der Waals surface area contributed by atoms with Gasteiger partial charge in [0.25, 0.3) is 0 Å². The van der Waals surface area contributed by atoms with Gasteiger partial charge in [0.05, 0.1) is 0 Å². The Morgan fingerprint density at radius 1 is 1.32 bits per heavy atom. The lowest BCUT2D eigenvalue weighted by Crippen LogP contribution is -2.47. The molecule has 0 saturated carbocycles. The summed E-state index contributed by atoms with van der Waals surface area (Å²) in [6.45, 7) is 7.70. The summed E-state index contributed by atoms with van der Waals surface area (Å²) in [5.74, 6) is 1.78. The normalized spacial score (nSPS) is 18.7. The zero-order chi connectivity index (χ0) is 18.0. The van der Waals surface area contributed by atoms with Gasteiger partial charge in [-0.2, -0.15) is 0 Å². The first-order valence-electron chi connectivity index (χ1n) is 8.91. The molecule has 0 radical (unpaired) electrons. The van der Waals surface area contributed by atoms with Gasteiger partial charge in [-0.05, 0) is 24.8 Å². The lowest BCUT2D eigenvalue weighted by Gasteiger charge is -2.31. The van der Waals surface area contributed by atoms with Crippen molar-refractivity contribution in [3.8, 4) is 11.5 Å². The van der Waals surface area contributed by atoms with Crippen LogP contribution in [-0.2, 0) is 16.1 Å². The maximum Gasteiger partial charge on any atom is 0.245 e. The molecule has 1 aromatic carbocycles. The Kier molecular flexibility index (Phi) is 5.16. The van der Waals surface area contributed by atoms with Gasteiger partial charge in [-0.25, -0.2) is 0 Å². The highest BCUT2D eigenvalue weighted by Crippen LogP contribution is 2.36. The summed E-state index contributed by atoms with van der Waals surface area (Å²) in [6.07, 6.45) is 1.61. The molecule has 0 N–H and O–H groups in total. The van der Waals surface area contributed by atoms with Gasteiger partial charge in [-0.1, -0.05) is 26.0 Å². The highest BCUT2D eigenvalue weighted by molar-refractivity contribution is 5.87. The van der Waals surface area contributed by atoms with Crippen molar-refractivity contribution < 1.29 is 19.1 Å². The first-order chi connectivity index (χ1) is 12.0. The predicted octanol–water partition coefficient (Wildman–Crippen LogP) is 2.41. The molecule has 2 amide bonds. The van der Waals surface area contributed by atoms with Crippen LogP contribution < -0.4 is 9.47 Å². The van der Waals surface area contributed by atoms with Crippen molar-refractivity contribution in [3.63, 3.8) is 0 Å². The van der Waals surface area contributed by atoms with Crippen molar-refractivity contribution in [2.45, 2.75) is 46.2 Å². The molecular weight excluding hydrogens is 320 g/mol. The summed E-state index contributed by atoms with van der Waals surface area (Å²) in [5.41, 5.74) is 0.941. The summed E-state index contributed by atoms with van der Waals surface area (Å²) < 4.78 is 11.0. The Bertz CT molecular complexity index is 659. The summed E-state index contributed by atoms with van der Waals surface area (Å²) in [4.78, 5) is 28.6. The molecule has 0 aliphatic carbocycles. The van der Waals surface area contributed by atoms with Crippen LogP contribution in [0.3, 0.4) is 0 Å². The number of carbonyl (C=O) groups excluding carboxylic acids is 2. The molecule has 3 rings (SSSR count). The number of rotatable bonds is 5. The van der Waals surface area contributed by atoms with Crippen LogP contribution in [0.2, 0.25) is 0 Å². The van der Waals surface area contributed by atoms with Crippen LogP contribution in [0.1, 0.15) is 39.2 Å². The zero-order valence-electron chi connectivity index (χ0n) is 15.2. The predicted molar refractivity (Wildman–Crippen MR) is 93.2 cm³/mol. The molecule has 0 aromatic heterocycles. The Morgan fingerprint density at radius 2 is 2.12 bits per heavy atom. The molecule has 136 valence electrons. The summed E-state index contributed by atoms with van der Waals surface area (Å²) in [7, 11) is 0. The van der Waals surface area contributed by atoms with Crippen molar-refractivity contribution in [2.24, 2.45) is 5.92 Å². The number of likely N-dealkylation sites (tertiary alicyclic amines) is 1. The average Bonchev–Trinajstić information content (AvgIpc) is 3.22. The molecule has 0 spiro atoms. The second kappa shape index (κ2) is 7.33. The minimum absolute atomic E-state index is 0.0259. The van der Waals surface area contributed by atoms with Crippen LogP contribution in [0.25, 0.3) is 0 Å². The topological polar surface area (TPSA) is 59.1 Å². The van der Waals surface area contributed by atoms with E-state index in [2.05, 4.69) is 13.8 Å². The van der Waals surface area contributed by atoms with E-state index in [1.165, 1.54) is 6.92 Å². The first kappa shape index (κ1) is 17.6. The molecule has 2 heterocycles. The van der Waals surface area contributed by atoms with Gasteiger partial charge in [-0.3, -0.25) is 9.59 Å². The maximum atomic E-state index is 13.2. The van der Waals surface area contributed by atoms with Crippen LogP contribution in [0.4, 0.5) is 0 Å². The molecule has 0 bridgehead atoms. The highest BCUT2D eigenvalue weighted by Gasteiger charge is 2.35. The molecule has 1 saturated heterocycles. The fourth-order valence-corrected chi connectivity index (χ4v) is 3.61. The average molecular weight is 346 g/mol. The van der Waals surface area contributed by atoms with Crippen LogP contribution in [-0.4, -0.2) is 47.5 Å². The number of hydrogen-bond acceptors (Lipinski definition) is 4. The first-order valence-corrected chi connectivity index (χ1v) is 8.91. The lowest BCUT2D eigenvalue weighted by atomic mass is 10.1. The van der Waals surface area contributed by atoms with E-state index >= 15 is 0 Å². The quantitative estimate of drug-likeness (QED) is 0.821. The largest absolute Gasteiger partial charge is 0.454 e. The molecule has 0 unspecified atom stereocenters. The van der Waals surface area contributed by atoms with E-state index in [9.17, 15) is 9.59 Å². The Morgan fingerprint density at radius 3 is 2.84 bits per heavy atom. The molecule has 1 fully saturated rings. The van der Waals surface area contributed by atoms with Crippen LogP contribution in [0.5, 0.6) is 11.5 Å². The summed E-state index contributed by atoms with van der Waals surface area (Å²) >= 11 is 0. The third-order valence-corrected chi connectivity index (χ3v) is 4.68. The fourth-order valence-electron chi connectivity index (χ4n) is 3.61. The Hall–Kier alpha value is -2.24. The monoisotopic (exact) mass is 346 g/mol. The van der Waals surface area contributed by atoms with E-state index in [4.69, 9.17) is 9.47 Å². The van der Waals surface area contributed by atoms with Crippen molar-refractivity contribution in [1.29, 1.82) is 0 Å². The summed E-state index contributed by atoms with van der Waals surface area (Å²) in [6, 6.07) is 5.41. The van der Waals surface area contributed by atoms with E-state index in [-0.39, 0.29) is 24.6 Å². The second-order valence-electron chi connectivity index (χ2n) is 7.13. The summed E-state index contributed by atoms with van der Waals surface area (Å²) in [5, 5.41) is 0. The van der Waals surface area contributed by atoms with E-state index < -0.39 is 0 Å². The number of nitrogens with zero attached hydrogens (tertiary/aromatic N) is 2. The third-order valence-electron chi connectivity index (χ3n) is 4.68. The zero-order valence-corrected chi connectivity index (χ0v) is 15.2. The van der Waals surface area contributed by atoms with E-state index in [1.807, 2.05) is 23.1 Å². The molecule has 6 heteroatoms. The highest BCUT2D eigenvalue weighted by atomic mass is 16.7. The standard InChI is InChI=1S/C19H26N2O4/c1-13(2)10-20(19(23)16-7-5-9-21(16)14(3)22)11-15-6-4-8-17-18(15)25-12-24-17/h4,6,8,13,16H,5,7,9-12H2,1-3H3/t16-/m1/s1. The van der Waals surface area contributed by atoms with Crippen molar-refractivity contribution >= 4 is 11.8 Å². The third kappa shape index (κ3) is 3.72. The number of para-hydroxylation sites is 1. The minimum atomic E-state index is -0.342. The number of benzene rings is 1. The van der Waals surface area contributed by atoms with Crippen LogP contribution >= 0.6 is 0 Å². The fraction of sp³-hybridized carbons (Fsp3) is 0.579. The molecular formula is C19H26N2O4. The number of amides is 2. The lowest BCUT2D eigenvalue weighted by molar-refractivity contribution is -0.143. The number of carbonyl (C=O) groups is 2. The molecule has 2 aliphatic heterocycles. The molecule has 1 aromatic rings. The van der Waals surface area contributed by atoms with Gasteiger partial charge < -0.3 is 19.3 Å². The van der Waals surface area contributed by atoms with Crippen LogP contribution in [0, 0.1) is 5.92 Å². The molecule has 6 nitrogen and oxygen atoms in total.